The molecule has 3 aromatic rings. The normalized spacial score (nSPS) is 18.6. The molecule has 0 spiro atoms. The molecule has 2 fully saturated rings. The zero-order chi connectivity index (χ0) is 21.4. The first-order chi connectivity index (χ1) is 15.1. The number of carbonyl (C=O) groups excluding carboxylic acids is 1. The van der Waals surface area contributed by atoms with Crippen LogP contribution in [-0.2, 0) is 0 Å². The fourth-order valence-corrected chi connectivity index (χ4v) is 4.87. The Morgan fingerprint density at radius 1 is 0.903 bits per heavy atom. The Kier molecular flexibility index (Phi) is 5.38. The van der Waals surface area contributed by atoms with Gasteiger partial charge in [-0.15, -0.1) is 0 Å². The number of piperidine rings is 2. The van der Waals surface area contributed by atoms with E-state index in [1.807, 2.05) is 34.9 Å². The van der Waals surface area contributed by atoms with Crippen LogP contribution >= 0.6 is 0 Å². The van der Waals surface area contributed by atoms with Crippen molar-refractivity contribution in [1.29, 1.82) is 0 Å². The van der Waals surface area contributed by atoms with Crippen molar-refractivity contribution in [3.8, 4) is 11.3 Å². The lowest BCUT2D eigenvalue weighted by Gasteiger charge is -2.37. The van der Waals surface area contributed by atoms with E-state index in [1.54, 1.807) is 0 Å². The molecule has 31 heavy (non-hydrogen) atoms. The molecule has 0 aliphatic carbocycles. The van der Waals surface area contributed by atoms with Gasteiger partial charge in [-0.2, -0.15) is 0 Å². The first-order valence-electron chi connectivity index (χ1n) is 11.2. The molecular formula is C24H30N6O. The predicted molar refractivity (Wildman–Crippen MR) is 125 cm³/mol. The Balaban J connectivity index is 1.69. The van der Waals surface area contributed by atoms with E-state index in [9.17, 15) is 4.79 Å². The highest BCUT2D eigenvalue weighted by Gasteiger charge is 2.28. The first kappa shape index (κ1) is 20.0. The molecule has 2 saturated heterocycles. The third kappa shape index (κ3) is 3.79. The summed E-state index contributed by atoms with van der Waals surface area (Å²) in [6, 6.07) is 10.5. The molecule has 0 bridgehead atoms. The molecule has 7 nitrogen and oxygen atoms in total. The van der Waals surface area contributed by atoms with Crippen LogP contribution in [0.3, 0.4) is 0 Å². The second-order valence-electron chi connectivity index (χ2n) is 8.76. The van der Waals surface area contributed by atoms with Crippen LogP contribution in [0.4, 0.5) is 11.4 Å². The number of carbonyl (C=O) groups is 1. The number of nitrogens with zero attached hydrogens (tertiary/aromatic N) is 4. The summed E-state index contributed by atoms with van der Waals surface area (Å²) in [6.07, 6.45) is 8.82. The molecule has 2 aliphatic heterocycles. The maximum atomic E-state index is 12.1. The van der Waals surface area contributed by atoms with E-state index in [1.165, 1.54) is 0 Å². The highest BCUT2D eigenvalue weighted by atomic mass is 16.1. The molecule has 0 amide bonds. The van der Waals surface area contributed by atoms with Crippen LogP contribution in [0.15, 0.2) is 42.7 Å². The average Bonchev–Trinajstić information content (AvgIpc) is 3.23. The molecule has 0 atom stereocenters. The second kappa shape index (κ2) is 8.32. The largest absolute Gasteiger partial charge is 0.371 e. The number of imidazole rings is 1. The van der Waals surface area contributed by atoms with Gasteiger partial charge >= 0.3 is 0 Å². The third-order valence-electron chi connectivity index (χ3n) is 6.67. The average molecular weight is 419 g/mol. The molecular weight excluding hydrogens is 388 g/mol. The molecule has 7 heteroatoms. The van der Waals surface area contributed by atoms with Crippen molar-refractivity contribution in [1.82, 2.24) is 9.38 Å². The zero-order valence-electron chi connectivity index (χ0n) is 17.8. The van der Waals surface area contributed by atoms with Crippen molar-refractivity contribution in [2.45, 2.75) is 37.8 Å². The second-order valence-corrected chi connectivity index (χ2v) is 8.76. The fraction of sp³-hybridized carbons (Fsp3) is 0.417. The van der Waals surface area contributed by atoms with Crippen molar-refractivity contribution in [2.75, 3.05) is 36.0 Å². The maximum absolute atomic E-state index is 12.1. The summed E-state index contributed by atoms with van der Waals surface area (Å²) in [7, 11) is 0. The van der Waals surface area contributed by atoms with Gasteiger partial charge in [-0.05, 0) is 49.9 Å². The topological polar surface area (TPSA) is 92.9 Å². The number of hydrogen-bond acceptors (Lipinski definition) is 6. The van der Waals surface area contributed by atoms with Gasteiger partial charge in [-0.3, -0.25) is 4.79 Å². The maximum Gasteiger partial charge on any atom is 0.152 e. The van der Waals surface area contributed by atoms with E-state index in [-0.39, 0.29) is 12.1 Å². The smallest absolute Gasteiger partial charge is 0.152 e. The highest BCUT2D eigenvalue weighted by Crippen LogP contribution is 2.42. The summed E-state index contributed by atoms with van der Waals surface area (Å²) in [6.45, 7) is 3.51. The van der Waals surface area contributed by atoms with Crippen LogP contribution in [0.1, 0.15) is 36.0 Å². The number of hydrogen-bond donors (Lipinski definition) is 2. The Morgan fingerprint density at radius 3 is 2.23 bits per heavy atom. The van der Waals surface area contributed by atoms with Crippen LogP contribution in [0.25, 0.3) is 16.9 Å². The number of nitrogens with two attached hydrogens (primary N) is 2. The van der Waals surface area contributed by atoms with Gasteiger partial charge in [0.2, 0.25) is 0 Å². The third-order valence-corrected chi connectivity index (χ3v) is 6.67. The minimum atomic E-state index is 0.223. The van der Waals surface area contributed by atoms with Crippen LogP contribution in [0, 0.1) is 0 Å². The van der Waals surface area contributed by atoms with E-state index in [0.717, 1.165) is 86.4 Å². The summed E-state index contributed by atoms with van der Waals surface area (Å²) in [4.78, 5) is 21.8. The molecule has 4 N–H and O–H groups in total. The van der Waals surface area contributed by atoms with Gasteiger partial charge in [0.15, 0.2) is 6.29 Å². The quantitative estimate of drug-likeness (QED) is 0.633. The standard InChI is InChI=1S/C24H30N6O/c25-18-6-11-28(12-7-18)21-5-4-17(16-31)24(29-13-8-19(26)9-14-29)23(21)20-15-30-10-2-1-3-22(30)27-20/h1-5,10,15-16,18-19H,6-9,11-14,25-26H2. The van der Waals surface area contributed by atoms with Crippen molar-refractivity contribution < 1.29 is 4.79 Å². The number of fused-ring (bicyclic) bond motifs is 1. The highest BCUT2D eigenvalue weighted by molar-refractivity contribution is 5.98. The fourth-order valence-electron chi connectivity index (χ4n) is 4.87. The van der Waals surface area contributed by atoms with Crippen molar-refractivity contribution in [3.05, 3.63) is 48.3 Å². The Hall–Kier alpha value is -2.90. The van der Waals surface area contributed by atoms with Crippen molar-refractivity contribution in [3.63, 3.8) is 0 Å². The molecule has 5 rings (SSSR count). The Labute approximate surface area is 182 Å². The van der Waals surface area contributed by atoms with Gasteiger partial charge in [-0.1, -0.05) is 6.07 Å². The number of anilines is 2. The SMILES string of the molecule is NC1CCN(c2ccc(C=O)c(N3CCC(N)CC3)c2-c2cn3ccccc3n2)CC1. The Morgan fingerprint density at radius 2 is 1.58 bits per heavy atom. The summed E-state index contributed by atoms with van der Waals surface area (Å²) in [5.41, 5.74) is 18.0. The lowest BCUT2D eigenvalue weighted by molar-refractivity contribution is 0.112. The minimum Gasteiger partial charge on any atom is -0.371 e. The van der Waals surface area contributed by atoms with Crippen LogP contribution in [0.5, 0.6) is 0 Å². The van der Waals surface area contributed by atoms with Gasteiger partial charge in [0, 0.05) is 67.5 Å². The van der Waals surface area contributed by atoms with Crippen LogP contribution in [0.2, 0.25) is 0 Å². The summed E-state index contributed by atoms with van der Waals surface area (Å²) in [5, 5.41) is 0. The van der Waals surface area contributed by atoms with Gasteiger partial charge in [-0.25, -0.2) is 4.98 Å². The lowest BCUT2D eigenvalue weighted by Crippen LogP contribution is -2.41. The minimum absolute atomic E-state index is 0.223. The molecule has 2 aromatic heterocycles. The lowest BCUT2D eigenvalue weighted by atomic mass is 9.96. The van der Waals surface area contributed by atoms with Gasteiger partial charge in [0.1, 0.15) is 5.65 Å². The van der Waals surface area contributed by atoms with Crippen LogP contribution < -0.4 is 21.3 Å². The van der Waals surface area contributed by atoms with E-state index < -0.39 is 0 Å². The molecule has 162 valence electrons. The molecule has 0 saturated carbocycles. The molecule has 1 aromatic carbocycles. The van der Waals surface area contributed by atoms with Gasteiger partial charge in [0.05, 0.1) is 11.4 Å². The van der Waals surface area contributed by atoms with Gasteiger partial charge in [0.25, 0.3) is 0 Å². The summed E-state index contributed by atoms with van der Waals surface area (Å²) < 4.78 is 2.04. The van der Waals surface area contributed by atoms with E-state index in [0.29, 0.717) is 5.56 Å². The number of benzene rings is 1. The summed E-state index contributed by atoms with van der Waals surface area (Å²) in [5.74, 6) is 0. The molecule has 4 heterocycles. The van der Waals surface area contributed by atoms with E-state index in [2.05, 4.69) is 22.1 Å². The number of rotatable bonds is 4. The first-order valence-corrected chi connectivity index (χ1v) is 11.2. The van der Waals surface area contributed by atoms with E-state index >= 15 is 0 Å². The predicted octanol–water partition coefficient (Wildman–Crippen LogP) is 2.67. The molecule has 0 unspecified atom stereocenters. The zero-order valence-corrected chi connectivity index (χ0v) is 17.8. The number of aromatic nitrogens is 2. The molecule has 0 radical (unpaired) electrons. The Bertz CT molecular complexity index is 1040. The summed E-state index contributed by atoms with van der Waals surface area (Å²) >= 11 is 0. The van der Waals surface area contributed by atoms with Crippen molar-refractivity contribution in [2.24, 2.45) is 11.5 Å². The van der Waals surface area contributed by atoms with Crippen molar-refractivity contribution >= 4 is 23.3 Å². The van der Waals surface area contributed by atoms with Gasteiger partial charge < -0.3 is 25.7 Å². The van der Waals surface area contributed by atoms with Crippen LogP contribution in [-0.4, -0.2) is 53.9 Å². The number of aldehydes is 1. The number of pyridine rings is 1. The molecule has 2 aliphatic rings. The van der Waals surface area contributed by atoms with E-state index in [4.69, 9.17) is 16.5 Å². The monoisotopic (exact) mass is 418 g/mol.